The zero-order valence-electron chi connectivity index (χ0n) is 13.8. The van der Waals surface area contributed by atoms with E-state index in [0.29, 0.717) is 5.56 Å². The van der Waals surface area contributed by atoms with E-state index in [1.54, 1.807) is 30.3 Å². The first-order valence-corrected chi connectivity index (χ1v) is 9.66. The molecule has 0 amide bonds. The first kappa shape index (κ1) is 17.6. The van der Waals surface area contributed by atoms with E-state index in [4.69, 9.17) is 0 Å². The van der Waals surface area contributed by atoms with Crippen molar-refractivity contribution in [1.29, 1.82) is 0 Å². The molecule has 0 unspecified atom stereocenters. The Morgan fingerprint density at radius 3 is 2.16 bits per heavy atom. The standard InChI is InChI=1S/C19H20O5S/c1-2-13-8-10-14(11-9-13)16-17(19(16,12-20)18(21)22)25(23,24)15-6-4-3-5-7-15/h3-11,16-17,20H,2,12H2,1H3,(H,21,22)/t16-,17-,19-/m0/s1. The van der Waals surface area contributed by atoms with Gasteiger partial charge in [0.2, 0.25) is 0 Å². The molecule has 2 aromatic carbocycles. The fourth-order valence-corrected chi connectivity index (χ4v) is 5.95. The van der Waals surface area contributed by atoms with Crippen molar-refractivity contribution in [3.05, 3.63) is 65.7 Å². The van der Waals surface area contributed by atoms with E-state index in [-0.39, 0.29) is 4.90 Å². The molecular weight excluding hydrogens is 340 g/mol. The number of aryl methyl sites for hydroxylation is 1. The maximum absolute atomic E-state index is 13.0. The average molecular weight is 360 g/mol. The molecule has 3 rings (SSSR count). The third-order valence-electron chi connectivity index (χ3n) is 5.07. The average Bonchev–Trinajstić information content (AvgIpc) is 3.34. The van der Waals surface area contributed by atoms with E-state index in [1.165, 1.54) is 12.1 Å². The number of rotatable bonds is 6. The number of carboxylic acids is 1. The molecule has 25 heavy (non-hydrogen) atoms. The summed E-state index contributed by atoms with van der Waals surface area (Å²) >= 11 is 0. The number of aliphatic hydroxyl groups excluding tert-OH is 1. The lowest BCUT2D eigenvalue weighted by Gasteiger charge is -2.09. The number of hydrogen-bond acceptors (Lipinski definition) is 4. The third-order valence-corrected chi connectivity index (χ3v) is 7.36. The number of aliphatic hydroxyl groups is 1. The Kier molecular flexibility index (Phi) is 4.43. The van der Waals surface area contributed by atoms with Crippen LogP contribution in [0.3, 0.4) is 0 Å². The van der Waals surface area contributed by atoms with Crippen molar-refractivity contribution in [3.8, 4) is 0 Å². The summed E-state index contributed by atoms with van der Waals surface area (Å²) < 4.78 is 26.0. The van der Waals surface area contributed by atoms with Crippen molar-refractivity contribution in [2.75, 3.05) is 6.61 Å². The van der Waals surface area contributed by atoms with E-state index < -0.39 is 39.0 Å². The van der Waals surface area contributed by atoms with Gasteiger partial charge in [-0.15, -0.1) is 0 Å². The van der Waals surface area contributed by atoms with Crippen LogP contribution in [0.2, 0.25) is 0 Å². The first-order valence-electron chi connectivity index (χ1n) is 8.11. The minimum atomic E-state index is -3.88. The van der Waals surface area contributed by atoms with Crippen LogP contribution >= 0.6 is 0 Å². The molecule has 1 aliphatic carbocycles. The zero-order valence-corrected chi connectivity index (χ0v) is 14.6. The molecule has 5 nitrogen and oxygen atoms in total. The van der Waals surface area contributed by atoms with Gasteiger partial charge in [0.15, 0.2) is 9.84 Å². The van der Waals surface area contributed by atoms with Crippen molar-refractivity contribution < 1.29 is 23.4 Å². The van der Waals surface area contributed by atoms with Crippen LogP contribution < -0.4 is 0 Å². The second kappa shape index (κ2) is 6.28. The van der Waals surface area contributed by atoms with Gasteiger partial charge in [-0.1, -0.05) is 49.4 Å². The predicted molar refractivity (Wildman–Crippen MR) is 93.1 cm³/mol. The van der Waals surface area contributed by atoms with Gasteiger partial charge in [0.1, 0.15) is 5.41 Å². The van der Waals surface area contributed by atoms with Gasteiger partial charge in [-0.05, 0) is 29.7 Å². The summed E-state index contributed by atoms with van der Waals surface area (Å²) in [7, 11) is -3.88. The van der Waals surface area contributed by atoms with Crippen molar-refractivity contribution in [1.82, 2.24) is 0 Å². The number of hydrogen-bond donors (Lipinski definition) is 2. The SMILES string of the molecule is CCc1ccc([C@H]2[C@H](S(=O)(=O)c3ccccc3)[C@@]2(CO)C(=O)O)cc1. The Morgan fingerprint density at radius 1 is 1.08 bits per heavy atom. The highest BCUT2D eigenvalue weighted by molar-refractivity contribution is 7.92. The number of carbonyl (C=O) groups is 1. The van der Waals surface area contributed by atoms with Gasteiger partial charge in [0.05, 0.1) is 16.8 Å². The molecule has 0 spiro atoms. The minimum Gasteiger partial charge on any atom is -0.481 e. The van der Waals surface area contributed by atoms with Crippen LogP contribution in [0.5, 0.6) is 0 Å². The van der Waals surface area contributed by atoms with E-state index >= 15 is 0 Å². The molecule has 0 heterocycles. The van der Waals surface area contributed by atoms with E-state index in [1.807, 2.05) is 19.1 Å². The molecule has 0 bridgehead atoms. The van der Waals surface area contributed by atoms with E-state index in [0.717, 1.165) is 12.0 Å². The number of aliphatic carboxylic acids is 1. The highest BCUT2D eigenvalue weighted by Gasteiger charge is 2.75. The van der Waals surface area contributed by atoms with Crippen molar-refractivity contribution in [3.63, 3.8) is 0 Å². The van der Waals surface area contributed by atoms with E-state index in [9.17, 15) is 23.4 Å². The topological polar surface area (TPSA) is 91.7 Å². The fourth-order valence-electron chi connectivity index (χ4n) is 3.56. The van der Waals surface area contributed by atoms with Gasteiger partial charge in [-0.2, -0.15) is 0 Å². The van der Waals surface area contributed by atoms with Crippen LogP contribution in [0, 0.1) is 5.41 Å². The highest BCUT2D eigenvalue weighted by atomic mass is 32.2. The maximum Gasteiger partial charge on any atom is 0.314 e. The molecule has 1 aliphatic rings. The Morgan fingerprint density at radius 2 is 1.68 bits per heavy atom. The fraction of sp³-hybridized carbons (Fsp3) is 0.316. The highest BCUT2D eigenvalue weighted by Crippen LogP contribution is 2.64. The molecule has 0 aliphatic heterocycles. The molecule has 132 valence electrons. The quantitative estimate of drug-likeness (QED) is 0.824. The van der Waals surface area contributed by atoms with Crippen LogP contribution in [0.25, 0.3) is 0 Å². The van der Waals surface area contributed by atoms with Crippen molar-refractivity contribution >= 4 is 15.8 Å². The Labute approximate surface area is 146 Å². The molecular formula is C19H20O5S. The second-order valence-electron chi connectivity index (χ2n) is 6.36. The van der Waals surface area contributed by atoms with Gasteiger partial charge < -0.3 is 10.2 Å². The number of benzene rings is 2. The molecule has 0 saturated heterocycles. The Bertz CT molecular complexity index is 874. The lowest BCUT2D eigenvalue weighted by atomic mass is 9.99. The molecule has 0 aromatic heterocycles. The van der Waals surface area contributed by atoms with Crippen LogP contribution in [0.4, 0.5) is 0 Å². The summed E-state index contributed by atoms with van der Waals surface area (Å²) in [5.41, 5.74) is -0.00229. The lowest BCUT2D eigenvalue weighted by molar-refractivity contribution is -0.145. The van der Waals surface area contributed by atoms with Gasteiger partial charge in [0, 0.05) is 5.92 Å². The number of carboxylic acid groups (broad SMARTS) is 1. The van der Waals surface area contributed by atoms with Gasteiger partial charge >= 0.3 is 5.97 Å². The molecule has 6 heteroatoms. The Hall–Kier alpha value is -2.18. The zero-order chi connectivity index (χ0) is 18.2. The molecule has 1 fully saturated rings. The molecule has 2 aromatic rings. The van der Waals surface area contributed by atoms with Gasteiger partial charge in [-0.25, -0.2) is 8.42 Å². The molecule has 0 radical (unpaired) electrons. The minimum absolute atomic E-state index is 0.0757. The molecule has 2 N–H and O–H groups in total. The lowest BCUT2D eigenvalue weighted by Crippen LogP contribution is -2.27. The summed E-state index contributed by atoms with van der Waals surface area (Å²) in [6, 6.07) is 15.1. The van der Waals surface area contributed by atoms with E-state index in [2.05, 4.69) is 0 Å². The first-order chi connectivity index (χ1) is 11.9. The monoisotopic (exact) mass is 360 g/mol. The predicted octanol–water partition coefficient (Wildman–Crippen LogP) is 2.25. The van der Waals surface area contributed by atoms with Crippen LogP contribution in [-0.2, 0) is 21.1 Å². The second-order valence-corrected chi connectivity index (χ2v) is 8.42. The normalized spacial score (nSPS) is 25.5. The van der Waals surface area contributed by atoms with Gasteiger partial charge in [0.25, 0.3) is 0 Å². The summed E-state index contributed by atoms with van der Waals surface area (Å²) in [6.07, 6.45) is 0.834. The summed E-state index contributed by atoms with van der Waals surface area (Å²) in [6.45, 7) is 1.28. The van der Waals surface area contributed by atoms with Crippen molar-refractivity contribution in [2.24, 2.45) is 5.41 Å². The smallest absolute Gasteiger partial charge is 0.314 e. The van der Waals surface area contributed by atoms with Gasteiger partial charge in [-0.3, -0.25) is 4.79 Å². The van der Waals surface area contributed by atoms with Crippen molar-refractivity contribution in [2.45, 2.75) is 29.4 Å². The van der Waals surface area contributed by atoms with Crippen LogP contribution in [-0.4, -0.2) is 36.5 Å². The maximum atomic E-state index is 13.0. The van der Waals surface area contributed by atoms with Crippen LogP contribution in [0.1, 0.15) is 24.0 Å². The van der Waals surface area contributed by atoms with Crippen LogP contribution in [0.15, 0.2) is 59.5 Å². The summed E-state index contributed by atoms with van der Waals surface area (Å²) in [5, 5.41) is 18.3. The molecule has 1 saturated carbocycles. The summed E-state index contributed by atoms with van der Waals surface area (Å²) in [4.78, 5) is 12.0. The molecule has 3 atom stereocenters. The Balaban J connectivity index is 2.08. The summed E-state index contributed by atoms with van der Waals surface area (Å²) in [5.74, 6) is -2.06. The third kappa shape index (κ3) is 2.65. The number of sulfone groups is 1. The largest absolute Gasteiger partial charge is 0.481 e.